The van der Waals surface area contributed by atoms with E-state index in [1.165, 1.54) is 11.3 Å². The number of esters is 1. The number of ether oxygens (including phenoxy) is 3. The molecule has 0 spiro atoms. The maximum absolute atomic E-state index is 11.5. The second-order valence-corrected chi connectivity index (χ2v) is 4.22. The highest BCUT2D eigenvalue weighted by atomic mass is 32.1. The van der Waals surface area contributed by atoms with Gasteiger partial charge in [0.2, 0.25) is 0 Å². The van der Waals surface area contributed by atoms with Crippen LogP contribution in [0.15, 0.2) is 11.4 Å². The maximum Gasteiger partial charge on any atom is 0.350 e. The first-order valence-corrected chi connectivity index (χ1v) is 6.20. The number of nitrogens with two attached hydrogens (primary N) is 1. The summed E-state index contributed by atoms with van der Waals surface area (Å²) in [5, 5.41) is 1.76. The molecule has 0 aromatic carbocycles. The van der Waals surface area contributed by atoms with E-state index in [0.717, 1.165) is 6.42 Å². The molecule has 0 bridgehead atoms. The number of methoxy groups -OCH3 is 1. The highest BCUT2D eigenvalue weighted by Crippen LogP contribution is 2.19. The molecule has 0 saturated heterocycles. The molecule has 0 saturated carbocycles. The average Bonchev–Trinajstić information content (AvgIpc) is 2.74. The van der Waals surface area contributed by atoms with Crippen molar-refractivity contribution in [3.8, 4) is 0 Å². The number of hydrogen-bond donors (Lipinski definition) is 1. The summed E-state index contributed by atoms with van der Waals surface area (Å²) < 4.78 is 15.1. The number of thiophene rings is 1. The third-order valence-electron chi connectivity index (χ3n) is 1.98. The van der Waals surface area contributed by atoms with Crippen LogP contribution in [0, 0.1) is 0 Å². The van der Waals surface area contributed by atoms with Gasteiger partial charge in [-0.25, -0.2) is 4.79 Å². The molecule has 0 fully saturated rings. The van der Waals surface area contributed by atoms with Crippen LogP contribution in [0.1, 0.15) is 16.1 Å². The summed E-state index contributed by atoms with van der Waals surface area (Å²) in [5.41, 5.74) is 6.05. The standard InChI is InChI=1S/C11H17NO4S/c1-14-4-2-5-15-6-7-16-11(13)10-9(12)3-8-17-10/h3,8H,2,4-7,12H2,1H3. The molecule has 0 aliphatic rings. The Balaban J connectivity index is 2.07. The molecule has 6 heteroatoms. The average molecular weight is 259 g/mol. The minimum atomic E-state index is -0.391. The zero-order chi connectivity index (χ0) is 12.5. The normalized spacial score (nSPS) is 10.4. The van der Waals surface area contributed by atoms with E-state index in [1.54, 1.807) is 18.6 Å². The Morgan fingerprint density at radius 3 is 2.82 bits per heavy atom. The number of anilines is 1. The van der Waals surface area contributed by atoms with Crippen molar-refractivity contribution < 1.29 is 19.0 Å². The molecule has 17 heavy (non-hydrogen) atoms. The van der Waals surface area contributed by atoms with Gasteiger partial charge in [0.05, 0.1) is 12.3 Å². The van der Waals surface area contributed by atoms with Gasteiger partial charge in [0.1, 0.15) is 11.5 Å². The van der Waals surface area contributed by atoms with Crippen molar-refractivity contribution in [3.63, 3.8) is 0 Å². The predicted octanol–water partition coefficient (Wildman–Crippen LogP) is 1.54. The number of carbonyl (C=O) groups excluding carboxylic acids is 1. The lowest BCUT2D eigenvalue weighted by Gasteiger charge is -2.05. The fourth-order valence-corrected chi connectivity index (χ4v) is 1.86. The van der Waals surface area contributed by atoms with E-state index in [1.807, 2.05) is 0 Å². The summed E-state index contributed by atoms with van der Waals surface area (Å²) in [5.74, 6) is -0.391. The zero-order valence-corrected chi connectivity index (χ0v) is 10.6. The summed E-state index contributed by atoms with van der Waals surface area (Å²) >= 11 is 1.28. The fraction of sp³-hybridized carbons (Fsp3) is 0.545. The van der Waals surface area contributed by atoms with Gasteiger partial charge in [-0.05, 0) is 17.9 Å². The number of carbonyl (C=O) groups is 1. The van der Waals surface area contributed by atoms with Gasteiger partial charge in [-0.3, -0.25) is 0 Å². The molecule has 1 aromatic rings. The fourth-order valence-electron chi connectivity index (χ4n) is 1.15. The van der Waals surface area contributed by atoms with Crippen LogP contribution in [0.4, 0.5) is 5.69 Å². The van der Waals surface area contributed by atoms with E-state index in [4.69, 9.17) is 19.9 Å². The Labute approximate surface area is 104 Å². The van der Waals surface area contributed by atoms with Gasteiger partial charge < -0.3 is 19.9 Å². The molecule has 0 atom stereocenters. The zero-order valence-electron chi connectivity index (χ0n) is 9.81. The van der Waals surface area contributed by atoms with Gasteiger partial charge >= 0.3 is 5.97 Å². The molecule has 2 N–H and O–H groups in total. The number of hydrogen-bond acceptors (Lipinski definition) is 6. The van der Waals surface area contributed by atoms with Crippen molar-refractivity contribution in [1.29, 1.82) is 0 Å². The molecule has 0 aliphatic carbocycles. The molecule has 0 aliphatic heterocycles. The Kier molecular flexibility index (Phi) is 6.61. The molecule has 5 nitrogen and oxygen atoms in total. The Morgan fingerprint density at radius 2 is 2.18 bits per heavy atom. The molecule has 96 valence electrons. The van der Waals surface area contributed by atoms with E-state index in [9.17, 15) is 4.79 Å². The summed E-state index contributed by atoms with van der Waals surface area (Å²) in [6.07, 6.45) is 0.836. The van der Waals surface area contributed by atoms with Crippen LogP contribution in [0.25, 0.3) is 0 Å². The molecule has 0 amide bonds. The van der Waals surface area contributed by atoms with Crippen molar-refractivity contribution in [2.45, 2.75) is 6.42 Å². The maximum atomic E-state index is 11.5. The Hall–Kier alpha value is -1.11. The lowest BCUT2D eigenvalue weighted by Crippen LogP contribution is -2.11. The smallest absolute Gasteiger partial charge is 0.350 e. The van der Waals surface area contributed by atoms with E-state index in [-0.39, 0.29) is 6.61 Å². The van der Waals surface area contributed by atoms with Crippen molar-refractivity contribution in [2.75, 3.05) is 39.3 Å². The van der Waals surface area contributed by atoms with Crippen molar-refractivity contribution in [3.05, 3.63) is 16.3 Å². The number of rotatable bonds is 8. The van der Waals surface area contributed by atoms with Gasteiger partial charge in [-0.1, -0.05) is 0 Å². The van der Waals surface area contributed by atoms with Crippen molar-refractivity contribution in [2.24, 2.45) is 0 Å². The van der Waals surface area contributed by atoms with Gasteiger partial charge in [0, 0.05) is 20.3 Å². The monoisotopic (exact) mass is 259 g/mol. The first-order chi connectivity index (χ1) is 8.25. The van der Waals surface area contributed by atoms with Crippen LogP contribution in [-0.4, -0.2) is 39.5 Å². The minimum absolute atomic E-state index is 0.239. The summed E-state index contributed by atoms with van der Waals surface area (Å²) in [4.78, 5) is 11.9. The second kappa shape index (κ2) is 8.05. The third kappa shape index (κ3) is 5.16. The van der Waals surface area contributed by atoms with Gasteiger partial charge in [-0.2, -0.15) is 0 Å². The molecule has 1 aromatic heterocycles. The van der Waals surface area contributed by atoms with E-state index in [0.29, 0.717) is 30.4 Å². The molecular formula is C11H17NO4S. The first kappa shape index (κ1) is 14.0. The molecule has 1 rings (SSSR count). The number of nitrogen functional groups attached to an aromatic ring is 1. The molecule has 1 heterocycles. The van der Waals surface area contributed by atoms with Crippen LogP contribution in [-0.2, 0) is 14.2 Å². The summed E-state index contributed by atoms with van der Waals surface area (Å²) in [6, 6.07) is 1.68. The predicted molar refractivity (Wildman–Crippen MR) is 66.3 cm³/mol. The van der Waals surface area contributed by atoms with Crippen LogP contribution >= 0.6 is 11.3 Å². The first-order valence-electron chi connectivity index (χ1n) is 5.32. The summed E-state index contributed by atoms with van der Waals surface area (Å²) in [6.45, 7) is 1.90. The van der Waals surface area contributed by atoms with Crippen LogP contribution in [0.5, 0.6) is 0 Å². The third-order valence-corrected chi connectivity index (χ3v) is 2.89. The highest BCUT2D eigenvalue weighted by Gasteiger charge is 2.11. The Morgan fingerprint density at radius 1 is 1.35 bits per heavy atom. The lowest BCUT2D eigenvalue weighted by atomic mass is 10.4. The van der Waals surface area contributed by atoms with E-state index in [2.05, 4.69) is 0 Å². The molecule has 0 unspecified atom stereocenters. The van der Waals surface area contributed by atoms with Crippen LogP contribution in [0.3, 0.4) is 0 Å². The largest absolute Gasteiger partial charge is 0.459 e. The highest BCUT2D eigenvalue weighted by molar-refractivity contribution is 7.12. The quantitative estimate of drug-likeness (QED) is 0.566. The second-order valence-electron chi connectivity index (χ2n) is 3.30. The van der Waals surface area contributed by atoms with E-state index < -0.39 is 5.97 Å². The van der Waals surface area contributed by atoms with E-state index >= 15 is 0 Å². The SMILES string of the molecule is COCCCOCCOC(=O)c1sccc1N. The van der Waals surface area contributed by atoms with Gasteiger partial charge in [0.15, 0.2) is 0 Å². The topological polar surface area (TPSA) is 70.8 Å². The van der Waals surface area contributed by atoms with Crippen molar-refractivity contribution in [1.82, 2.24) is 0 Å². The lowest BCUT2D eigenvalue weighted by molar-refractivity contribution is 0.0293. The summed E-state index contributed by atoms with van der Waals surface area (Å²) in [7, 11) is 1.65. The minimum Gasteiger partial charge on any atom is -0.459 e. The molecule has 0 radical (unpaired) electrons. The van der Waals surface area contributed by atoms with Gasteiger partial charge in [0.25, 0.3) is 0 Å². The molecular weight excluding hydrogens is 242 g/mol. The van der Waals surface area contributed by atoms with Crippen molar-refractivity contribution >= 4 is 23.0 Å². The van der Waals surface area contributed by atoms with Crippen LogP contribution in [0.2, 0.25) is 0 Å². The van der Waals surface area contributed by atoms with Gasteiger partial charge in [-0.15, -0.1) is 11.3 Å². The van der Waals surface area contributed by atoms with Crippen LogP contribution < -0.4 is 5.73 Å². The Bertz CT molecular complexity index is 340.